The van der Waals surface area contributed by atoms with Gasteiger partial charge in [0.2, 0.25) is 0 Å². The normalized spacial score (nSPS) is 38.5. The highest BCUT2D eigenvalue weighted by atomic mass is 127. The summed E-state index contributed by atoms with van der Waals surface area (Å²) < 4.78 is 12.0. The van der Waals surface area contributed by atoms with Crippen molar-refractivity contribution in [2.45, 2.75) is 95.6 Å². The van der Waals surface area contributed by atoms with Gasteiger partial charge >= 0.3 is 0 Å². The van der Waals surface area contributed by atoms with Crippen molar-refractivity contribution in [2.75, 3.05) is 13.2 Å². The third kappa shape index (κ3) is 3.68. The topological polar surface area (TPSA) is 54.9 Å². The third-order valence-corrected chi connectivity index (χ3v) is 6.74. The first-order valence-electron chi connectivity index (χ1n) is 10.1. The van der Waals surface area contributed by atoms with Gasteiger partial charge in [-0.05, 0) is 52.4 Å². The third-order valence-electron chi connectivity index (χ3n) is 6.74. The monoisotopic (exact) mass is 463 g/mol. The SMILES string of the molecule is CCN=C(NC1CC2CCC1O2)NC1CC(OCC)C12CCCC2.I. The highest BCUT2D eigenvalue weighted by Gasteiger charge is 2.57. The van der Waals surface area contributed by atoms with Crippen molar-refractivity contribution >= 4 is 29.9 Å². The average molecular weight is 463 g/mol. The average Bonchev–Trinajstić information content (AvgIpc) is 3.31. The Hall–Kier alpha value is -0.0800. The van der Waals surface area contributed by atoms with Gasteiger partial charge in [-0.1, -0.05) is 12.8 Å². The lowest BCUT2D eigenvalue weighted by Gasteiger charge is -2.54. The highest BCUT2D eigenvalue weighted by Crippen LogP contribution is 2.54. The maximum absolute atomic E-state index is 6.04. The second-order valence-electron chi connectivity index (χ2n) is 8.00. The number of guanidine groups is 1. The van der Waals surface area contributed by atoms with Crippen molar-refractivity contribution in [3.8, 4) is 0 Å². The smallest absolute Gasteiger partial charge is 0.191 e. The molecule has 0 amide bonds. The number of rotatable bonds is 5. The molecule has 4 fully saturated rings. The zero-order valence-electron chi connectivity index (χ0n) is 15.6. The summed E-state index contributed by atoms with van der Waals surface area (Å²) in [6.45, 7) is 5.86. The summed E-state index contributed by atoms with van der Waals surface area (Å²) in [6, 6.07) is 0.942. The largest absolute Gasteiger partial charge is 0.378 e. The Labute approximate surface area is 169 Å². The molecule has 0 aromatic carbocycles. The number of aliphatic imine (C=N–C) groups is 1. The van der Waals surface area contributed by atoms with Gasteiger partial charge in [-0.2, -0.15) is 0 Å². The molecular weight excluding hydrogens is 429 g/mol. The molecule has 2 aliphatic carbocycles. The standard InChI is InChI=1S/C19H33N3O2.HI/c1-3-20-18(21-14-11-13-7-8-15(14)24-13)22-16-12-17(23-4-2)19(16)9-5-6-10-19;/h13-17H,3-12H2,1-2H3,(H2,20,21,22);1H. The zero-order chi connectivity index (χ0) is 16.6. The Bertz CT molecular complexity index is 481. The minimum absolute atomic E-state index is 0. The van der Waals surface area contributed by atoms with Crippen molar-refractivity contribution in [3.05, 3.63) is 0 Å². The van der Waals surface area contributed by atoms with E-state index >= 15 is 0 Å². The van der Waals surface area contributed by atoms with Gasteiger partial charge in [0, 0.05) is 24.6 Å². The maximum atomic E-state index is 6.04. The molecule has 0 aromatic heterocycles. The zero-order valence-corrected chi connectivity index (χ0v) is 18.0. The Morgan fingerprint density at radius 1 is 1.16 bits per heavy atom. The number of nitrogens with zero attached hydrogens (tertiary/aromatic N) is 1. The van der Waals surface area contributed by atoms with Crippen LogP contribution in [0.5, 0.6) is 0 Å². The van der Waals surface area contributed by atoms with Gasteiger partial charge in [0.05, 0.1) is 24.4 Å². The van der Waals surface area contributed by atoms with Gasteiger partial charge in [0.25, 0.3) is 0 Å². The molecule has 2 N–H and O–H groups in total. The number of hydrogen-bond acceptors (Lipinski definition) is 3. The van der Waals surface area contributed by atoms with Gasteiger partial charge in [-0.3, -0.25) is 4.99 Å². The van der Waals surface area contributed by atoms with E-state index in [4.69, 9.17) is 14.5 Å². The molecule has 1 spiro atoms. The van der Waals surface area contributed by atoms with Crippen LogP contribution in [0.2, 0.25) is 0 Å². The number of nitrogens with one attached hydrogen (secondary N) is 2. The van der Waals surface area contributed by atoms with Gasteiger partial charge in [-0.25, -0.2) is 0 Å². The van der Waals surface area contributed by atoms with E-state index in [1.807, 2.05) is 0 Å². The lowest BCUT2D eigenvalue weighted by molar-refractivity contribution is -0.125. The van der Waals surface area contributed by atoms with Crippen LogP contribution in [0.15, 0.2) is 4.99 Å². The van der Waals surface area contributed by atoms with Crippen molar-refractivity contribution in [2.24, 2.45) is 10.4 Å². The predicted octanol–water partition coefficient (Wildman–Crippen LogP) is 3.22. The Balaban J connectivity index is 0.00000182. The van der Waals surface area contributed by atoms with Crippen molar-refractivity contribution < 1.29 is 9.47 Å². The molecule has 144 valence electrons. The maximum Gasteiger partial charge on any atom is 0.191 e. The Morgan fingerprint density at radius 3 is 2.56 bits per heavy atom. The molecule has 2 heterocycles. The molecule has 6 heteroatoms. The fourth-order valence-electron chi connectivity index (χ4n) is 5.51. The van der Waals surface area contributed by atoms with E-state index in [-0.39, 0.29) is 24.0 Å². The summed E-state index contributed by atoms with van der Waals surface area (Å²) in [4.78, 5) is 4.72. The Kier molecular flexibility index (Phi) is 6.53. The highest BCUT2D eigenvalue weighted by molar-refractivity contribution is 14.0. The second kappa shape index (κ2) is 8.30. The molecule has 5 unspecified atom stereocenters. The van der Waals surface area contributed by atoms with E-state index in [1.54, 1.807) is 0 Å². The molecule has 0 aromatic rings. The summed E-state index contributed by atoms with van der Waals surface area (Å²) in [5.41, 5.74) is 0.345. The molecule has 5 atom stereocenters. The summed E-state index contributed by atoms with van der Waals surface area (Å²) in [5, 5.41) is 7.44. The molecule has 25 heavy (non-hydrogen) atoms. The summed E-state index contributed by atoms with van der Waals surface area (Å²) in [5.74, 6) is 0.991. The number of halogens is 1. The molecule has 2 bridgehead atoms. The number of fused-ring (bicyclic) bond motifs is 2. The van der Waals surface area contributed by atoms with Crippen LogP contribution in [0.1, 0.15) is 65.2 Å². The first-order valence-corrected chi connectivity index (χ1v) is 10.1. The van der Waals surface area contributed by atoms with E-state index in [0.29, 0.717) is 35.8 Å². The van der Waals surface area contributed by atoms with Gasteiger partial charge in [0.1, 0.15) is 0 Å². The van der Waals surface area contributed by atoms with Crippen LogP contribution in [-0.4, -0.2) is 49.5 Å². The Morgan fingerprint density at radius 2 is 1.96 bits per heavy atom. The van der Waals surface area contributed by atoms with Crippen LogP contribution >= 0.6 is 24.0 Å². The van der Waals surface area contributed by atoms with Crippen molar-refractivity contribution in [1.82, 2.24) is 10.6 Å². The van der Waals surface area contributed by atoms with Gasteiger partial charge in [0.15, 0.2) is 5.96 Å². The quantitative estimate of drug-likeness (QED) is 0.374. The van der Waals surface area contributed by atoms with E-state index in [9.17, 15) is 0 Å². The van der Waals surface area contributed by atoms with Crippen LogP contribution in [0, 0.1) is 5.41 Å². The first kappa shape index (κ1) is 19.7. The van der Waals surface area contributed by atoms with Crippen LogP contribution in [0.3, 0.4) is 0 Å². The molecule has 2 saturated heterocycles. The minimum Gasteiger partial charge on any atom is -0.378 e. The van der Waals surface area contributed by atoms with E-state index < -0.39 is 0 Å². The van der Waals surface area contributed by atoms with Crippen LogP contribution in [-0.2, 0) is 9.47 Å². The molecular formula is C19H34IN3O2. The molecule has 4 aliphatic rings. The lowest BCUT2D eigenvalue weighted by atomic mass is 9.60. The molecule has 2 aliphatic heterocycles. The second-order valence-corrected chi connectivity index (χ2v) is 8.00. The van der Waals surface area contributed by atoms with Crippen LogP contribution < -0.4 is 10.6 Å². The molecule has 2 saturated carbocycles. The number of hydrogen-bond donors (Lipinski definition) is 2. The fourth-order valence-corrected chi connectivity index (χ4v) is 5.51. The predicted molar refractivity (Wildman–Crippen MR) is 111 cm³/mol. The summed E-state index contributed by atoms with van der Waals surface area (Å²) in [6.07, 6.45) is 11.3. The molecule has 4 rings (SSSR count). The fraction of sp³-hybridized carbons (Fsp3) is 0.947. The summed E-state index contributed by atoms with van der Waals surface area (Å²) >= 11 is 0. The van der Waals surface area contributed by atoms with Crippen molar-refractivity contribution in [3.63, 3.8) is 0 Å². The summed E-state index contributed by atoms with van der Waals surface area (Å²) in [7, 11) is 0. The van der Waals surface area contributed by atoms with Gasteiger partial charge in [-0.15, -0.1) is 24.0 Å². The van der Waals surface area contributed by atoms with E-state index in [2.05, 4.69) is 24.5 Å². The van der Waals surface area contributed by atoms with E-state index in [1.165, 1.54) is 38.5 Å². The van der Waals surface area contributed by atoms with Crippen LogP contribution in [0.4, 0.5) is 0 Å². The molecule has 0 radical (unpaired) electrons. The minimum atomic E-state index is 0. The molecule has 5 nitrogen and oxygen atoms in total. The van der Waals surface area contributed by atoms with Crippen LogP contribution in [0.25, 0.3) is 0 Å². The lowest BCUT2D eigenvalue weighted by Crippen LogP contribution is -2.65. The van der Waals surface area contributed by atoms with Gasteiger partial charge < -0.3 is 20.1 Å². The van der Waals surface area contributed by atoms with E-state index in [0.717, 1.165) is 32.0 Å². The first-order chi connectivity index (χ1) is 11.7. The van der Waals surface area contributed by atoms with Crippen molar-refractivity contribution in [1.29, 1.82) is 0 Å². The number of ether oxygens (including phenoxy) is 2.